The first-order valence-electron chi connectivity index (χ1n) is 8.35. The average Bonchev–Trinajstić information content (AvgIpc) is 2.69. The molecule has 0 amide bonds. The molecule has 3 aromatic rings. The van der Waals surface area contributed by atoms with E-state index in [1.165, 1.54) is 31.4 Å². The van der Waals surface area contributed by atoms with E-state index in [-0.39, 0.29) is 24.5 Å². The summed E-state index contributed by atoms with van der Waals surface area (Å²) in [5, 5.41) is 0.305. The van der Waals surface area contributed by atoms with Crippen molar-refractivity contribution in [1.82, 2.24) is 4.98 Å². The number of benzene rings is 2. The molecule has 1 heterocycles. The van der Waals surface area contributed by atoms with E-state index in [1.54, 1.807) is 30.3 Å². The van der Waals surface area contributed by atoms with Gasteiger partial charge in [0.2, 0.25) is 5.88 Å². The van der Waals surface area contributed by atoms with Crippen molar-refractivity contribution in [2.45, 2.75) is 13.0 Å². The van der Waals surface area contributed by atoms with Crippen LogP contribution in [0.2, 0.25) is 5.02 Å². The number of rotatable bonds is 6. The first-order valence-corrected chi connectivity index (χ1v) is 8.73. The molecule has 0 aliphatic carbocycles. The summed E-state index contributed by atoms with van der Waals surface area (Å²) in [6, 6.07) is 13.8. The predicted molar refractivity (Wildman–Crippen MR) is 101 cm³/mol. The minimum Gasteiger partial charge on any atom is -0.473 e. The zero-order valence-electron chi connectivity index (χ0n) is 14.9. The van der Waals surface area contributed by atoms with E-state index in [2.05, 4.69) is 9.72 Å². The lowest BCUT2D eigenvalue weighted by Crippen LogP contribution is -2.06. The van der Waals surface area contributed by atoms with Gasteiger partial charge in [-0.25, -0.2) is 13.8 Å². The van der Waals surface area contributed by atoms with Gasteiger partial charge in [0.15, 0.2) is 0 Å². The van der Waals surface area contributed by atoms with Gasteiger partial charge in [-0.2, -0.15) is 0 Å². The number of methoxy groups -OCH3 is 1. The normalized spacial score (nSPS) is 10.6. The maximum absolute atomic E-state index is 14.3. The maximum Gasteiger partial charge on any atom is 0.310 e. The van der Waals surface area contributed by atoms with Gasteiger partial charge in [-0.3, -0.25) is 4.79 Å². The summed E-state index contributed by atoms with van der Waals surface area (Å²) in [6.45, 7) is -0.0219. The molecule has 0 unspecified atom stereocenters. The van der Waals surface area contributed by atoms with Crippen molar-refractivity contribution in [2.24, 2.45) is 0 Å². The second-order valence-electron chi connectivity index (χ2n) is 5.94. The maximum atomic E-state index is 14.3. The second-order valence-corrected chi connectivity index (χ2v) is 6.38. The Morgan fingerprint density at radius 1 is 1.04 bits per heavy atom. The molecule has 0 spiro atoms. The highest BCUT2D eigenvalue weighted by Crippen LogP contribution is 2.23. The van der Waals surface area contributed by atoms with Crippen LogP contribution in [-0.2, 0) is 22.6 Å². The lowest BCUT2D eigenvalue weighted by Gasteiger charge is -2.09. The molecule has 0 bridgehead atoms. The molecule has 1 aromatic heterocycles. The summed E-state index contributed by atoms with van der Waals surface area (Å²) >= 11 is 5.73. The third-order valence-corrected chi connectivity index (χ3v) is 4.26. The molecular formula is C21H16ClF2NO3. The van der Waals surface area contributed by atoms with Crippen LogP contribution in [0.1, 0.15) is 11.1 Å². The highest BCUT2D eigenvalue weighted by Gasteiger charge is 2.11. The molecule has 7 heteroatoms. The van der Waals surface area contributed by atoms with Gasteiger partial charge in [0, 0.05) is 22.2 Å². The molecule has 0 aliphatic rings. The van der Waals surface area contributed by atoms with Crippen molar-refractivity contribution in [2.75, 3.05) is 7.11 Å². The van der Waals surface area contributed by atoms with E-state index in [0.29, 0.717) is 21.8 Å². The molecular weight excluding hydrogens is 388 g/mol. The van der Waals surface area contributed by atoms with E-state index < -0.39 is 17.6 Å². The molecule has 2 aromatic carbocycles. The fourth-order valence-corrected chi connectivity index (χ4v) is 2.68. The van der Waals surface area contributed by atoms with Crippen LogP contribution >= 0.6 is 11.6 Å². The highest BCUT2D eigenvalue weighted by molar-refractivity contribution is 6.30. The Labute approximate surface area is 165 Å². The smallest absolute Gasteiger partial charge is 0.310 e. The SMILES string of the molecule is COC(=O)Cc1ccc(-c2cccc(OCc3ccc(Cl)cc3F)n2)cc1F. The standard InChI is InChI=1S/C21H16ClF2NO3/c1-27-21(26)10-13-5-6-14(9-17(13)23)19-3-2-4-20(25-19)28-12-15-7-8-16(22)11-18(15)24/h2-9,11H,10,12H2,1H3. The van der Waals surface area contributed by atoms with Crippen LogP contribution in [0.4, 0.5) is 8.78 Å². The number of esters is 1. The van der Waals surface area contributed by atoms with Crippen molar-refractivity contribution in [3.8, 4) is 17.1 Å². The number of carbonyl (C=O) groups is 1. The quantitative estimate of drug-likeness (QED) is 0.545. The Morgan fingerprint density at radius 3 is 2.50 bits per heavy atom. The molecule has 0 N–H and O–H groups in total. The first kappa shape index (κ1) is 19.8. The van der Waals surface area contributed by atoms with Gasteiger partial charge in [-0.1, -0.05) is 35.9 Å². The fraction of sp³-hybridized carbons (Fsp3) is 0.143. The lowest BCUT2D eigenvalue weighted by molar-refractivity contribution is -0.139. The van der Waals surface area contributed by atoms with Crippen LogP contribution in [0.15, 0.2) is 54.6 Å². The Morgan fingerprint density at radius 2 is 1.79 bits per heavy atom. The minimum atomic E-state index is -0.528. The van der Waals surface area contributed by atoms with Crippen molar-refractivity contribution in [3.05, 3.63) is 82.4 Å². The molecule has 0 saturated carbocycles. The summed E-state index contributed by atoms with van der Waals surface area (Å²) < 4.78 is 38.2. The number of hydrogen-bond acceptors (Lipinski definition) is 4. The molecule has 3 rings (SSSR count). The first-order chi connectivity index (χ1) is 13.5. The van der Waals surface area contributed by atoms with Gasteiger partial charge >= 0.3 is 5.97 Å². The van der Waals surface area contributed by atoms with Gasteiger partial charge in [-0.15, -0.1) is 0 Å². The van der Waals surface area contributed by atoms with E-state index >= 15 is 0 Å². The van der Waals surface area contributed by atoms with Gasteiger partial charge in [0.1, 0.15) is 18.2 Å². The van der Waals surface area contributed by atoms with E-state index in [9.17, 15) is 13.6 Å². The Bertz CT molecular complexity index is 1010. The Kier molecular flexibility index (Phi) is 6.21. The van der Waals surface area contributed by atoms with Crippen LogP contribution in [0.25, 0.3) is 11.3 Å². The van der Waals surface area contributed by atoms with Crippen molar-refractivity contribution in [1.29, 1.82) is 0 Å². The molecule has 0 atom stereocenters. The number of halogens is 3. The molecule has 0 radical (unpaired) electrons. The summed E-state index contributed by atoms with van der Waals surface area (Å²) in [4.78, 5) is 15.6. The number of ether oxygens (including phenoxy) is 2. The van der Waals surface area contributed by atoms with Gasteiger partial charge in [0.05, 0.1) is 19.2 Å². The highest BCUT2D eigenvalue weighted by atomic mass is 35.5. The molecule has 0 fully saturated rings. The fourth-order valence-electron chi connectivity index (χ4n) is 2.52. The molecule has 0 aliphatic heterocycles. The van der Waals surface area contributed by atoms with Crippen LogP contribution in [0.3, 0.4) is 0 Å². The number of aromatic nitrogens is 1. The molecule has 28 heavy (non-hydrogen) atoms. The Balaban J connectivity index is 1.75. The minimum absolute atomic E-state index is 0.0219. The largest absolute Gasteiger partial charge is 0.473 e. The number of nitrogens with zero attached hydrogens (tertiary/aromatic N) is 1. The van der Waals surface area contributed by atoms with E-state index in [4.69, 9.17) is 16.3 Å². The predicted octanol–water partition coefficient (Wildman–Crippen LogP) is 4.97. The number of carbonyl (C=O) groups excluding carboxylic acids is 1. The summed E-state index contributed by atoms with van der Waals surface area (Å²) in [5.74, 6) is -1.24. The van der Waals surface area contributed by atoms with Gasteiger partial charge < -0.3 is 9.47 Å². The van der Waals surface area contributed by atoms with E-state index in [0.717, 1.165) is 0 Å². The topological polar surface area (TPSA) is 48.4 Å². The third kappa shape index (κ3) is 4.84. The Hall–Kier alpha value is -2.99. The van der Waals surface area contributed by atoms with Crippen LogP contribution in [0.5, 0.6) is 5.88 Å². The third-order valence-electron chi connectivity index (χ3n) is 4.03. The zero-order chi connectivity index (χ0) is 20.1. The summed E-state index contributed by atoms with van der Waals surface area (Å²) in [7, 11) is 1.25. The van der Waals surface area contributed by atoms with Gasteiger partial charge in [0.25, 0.3) is 0 Å². The van der Waals surface area contributed by atoms with Crippen molar-refractivity contribution >= 4 is 17.6 Å². The van der Waals surface area contributed by atoms with E-state index in [1.807, 2.05) is 0 Å². The summed E-state index contributed by atoms with van der Waals surface area (Å²) in [5.41, 5.74) is 1.59. The molecule has 0 saturated heterocycles. The average molecular weight is 404 g/mol. The molecule has 144 valence electrons. The summed E-state index contributed by atoms with van der Waals surface area (Å²) in [6.07, 6.45) is -0.147. The number of pyridine rings is 1. The zero-order valence-corrected chi connectivity index (χ0v) is 15.7. The van der Waals surface area contributed by atoms with Crippen LogP contribution in [0, 0.1) is 11.6 Å². The monoisotopic (exact) mass is 403 g/mol. The molecule has 4 nitrogen and oxygen atoms in total. The van der Waals surface area contributed by atoms with Gasteiger partial charge in [-0.05, 0) is 29.8 Å². The van der Waals surface area contributed by atoms with Crippen molar-refractivity contribution < 1.29 is 23.0 Å². The van der Waals surface area contributed by atoms with Crippen LogP contribution in [-0.4, -0.2) is 18.1 Å². The second kappa shape index (κ2) is 8.80. The lowest BCUT2D eigenvalue weighted by atomic mass is 10.1. The van der Waals surface area contributed by atoms with Crippen LogP contribution < -0.4 is 4.74 Å². The number of hydrogen-bond donors (Lipinski definition) is 0. The van der Waals surface area contributed by atoms with Crippen molar-refractivity contribution in [3.63, 3.8) is 0 Å².